The van der Waals surface area contributed by atoms with Crippen molar-refractivity contribution >= 4 is 10.9 Å². The first-order chi connectivity index (χ1) is 6.70. The van der Waals surface area contributed by atoms with E-state index in [2.05, 4.69) is 4.98 Å². The standard InChI is InChI=1S/C10H7F2NO/c1-14-10-3-6-2-7(11)5-13-9(6)4-8(10)12/h2-5H,1H3. The van der Waals surface area contributed by atoms with E-state index < -0.39 is 11.6 Å². The topological polar surface area (TPSA) is 22.1 Å². The van der Waals surface area contributed by atoms with Crippen molar-refractivity contribution in [1.29, 1.82) is 0 Å². The molecule has 0 spiro atoms. The molecule has 1 aromatic carbocycles. The van der Waals surface area contributed by atoms with Crippen LogP contribution < -0.4 is 4.74 Å². The summed E-state index contributed by atoms with van der Waals surface area (Å²) in [5, 5.41) is 0.517. The van der Waals surface area contributed by atoms with Gasteiger partial charge in [-0.25, -0.2) is 8.78 Å². The van der Waals surface area contributed by atoms with Crippen molar-refractivity contribution in [1.82, 2.24) is 4.98 Å². The smallest absolute Gasteiger partial charge is 0.167 e. The molecule has 1 heterocycles. The van der Waals surface area contributed by atoms with Crippen molar-refractivity contribution in [3.05, 3.63) is 36.0 Å². The molecule has 0 amide bonds. The van der Waals surface area contributed by atoms with E-state index in [4.69, 9.17) is 4.74 Å². The van der Waals surface area contributed by atoms with Crippen LogP contribution in [0.3, 0.4) is 0 Å². The number of fused-ring (bicyclic) bond motifs is 1. The molecular weight excluding hydrogens is 188 g/mol. The Bertz CT molecular complexity index is 485. The van der Waals surface area contributed by atoms with E-state index in [1.165, 1.54) is 25.3 Å². The number of nitrogens with zero attached hydrogens (tertiary/aromatic N) is 1. The Kier molecular flexibility index (Phi) is 2.04. The van der Waals surface area contributed by atoms with Crippen LogP contribution in [0.15, 0.2) is 24.4 Å². The molecule has 2 nitrogen and oxygen atoms in total. The molecule has 0 bridgehead atoms. The Labute approximate surface area is 79.1 Å². The van der Waals surface area contributed by atoms with Crippen molar-refractivity contribution in [3.63, 3.8) is 0 Å². The van der Waals surface area contributed by atoms with Crippen molar-refractivity contribution in [3.8, 4) is 5.75 Å². The molecule has 0 unspecified atom stereocenters. The molecule has 0 N–H and O–H groups in total. The highest BCUT2D eigenvalue weighted by atomic mass is 19.1. The Balaban J connectivity index is 2.73. The maximum Gasteiger partial charge on any atom is 0.167 e. The monoisotopic (exact) mass is 195 g/mol. The molecule has 1 aromatic heterocycles. The van der Waals surface area contributed by atoms with Crippen LogP contribution in [0.4, 0.5) is 8.78 Å². The summed E-state index contributed by atoms with van der Waals surface area (Å²) in [5.74, 6) is -0.866. The highest BCUT2D eigenvalue weighted by Crippen LogP contribution is 2.23. The summed E-state index contributed by atoms with van der Waals surface area (Å²) in [5.41, 5.74) is 0.407. The van der Waals surface area contributed by atoms with Crippen LogP contribution in [0.2, 0.25) is 0 Å². The first-order valence-corrected chi connectivity index (χ1v) is 3.99. The Morgan fingerprint density at radius 2 is 2.00 bits per heavy atom. The number of rotatable bonds is 1. The van der Waals surface area contributed by atoms with Crippen LogP contribution in [0.1, 0.15) is 0 Å². The molecule has 4 heteroatoms. The number of aromatic nitrogens is 1. The number of hydrogen-bond donors (Lipinski definition) is 0. The summed E-state index contributed by atoms with van der Waals surface area (Å²) in [6.07, 6.45) is 1.05. The average Bonchev–Trinajstić information content (AvgIpc) is 2.17. The van der Waals surface area contributed by atoms with Gasteiger partial charge in [0.1, 0.15) is 5.82 Å². The minimum Gasteiger partial charge on any atom is -0.494 e. The van der Waals surface area contributed by atoms with Crippen LogP contribution in [0.25, 0.3) is 10.9 Å². The van der Waals surface area contributed by atoms with Crippen LogP contribution >= 0.6 is 0 Å². The Morgan fingerprint density at radius 1 is 1.21 bits per heavy atom. The lowest BCUT2D eigenvalue weighted by Gasteiger charge is -2.03. The summed E-state index contributed by atoms with van der Waals surface area (Å²) in [6.45, 7) is 0. The van der Waals surface area contributed by atoms with Crippen LogP contribution in [-0.2, 0) is 0 Å². The van der Waals surface area contributed by atoms with Gasteiger partial charge < -0.3 is 4.74 Å². The Morgan fingerprint density at radius 3 is 2.71 bits per heavy atom. The average molecular weight is 195 g/mol. The van der Waals surface area contributed by atoms with Crippen LogP contribution in [0, 0.1) is 11.6 Å². The molecular formula is C10H7F2NO. The van der Waals surface area contributed by atoms with Crippen molar-refractivity contribution in [2.45, 2.75) is 0 Å². The molecule has 0 aliphatic carbocycles. The predicted octanol–water partition coefficient (Wildman–Crippen LogP) is 2.52. The van der Waals surface area contributed by atoms with Gasteiger partial charge in [-0.1, -0.05) is 0 Å². The molecule has 2 aromatic rings. The molecule has 0 atom stereocenters. The molecule has 0 aliphatic rings. The van der Waals surface area contributed by atoms with Gasteiger partial charge in [-0.2, -0.15) is 0 Å². The van der Waals surface area contributed by atoms with Gasteiger partial charge in [-0.15, -0.1) is 0 Å². The van der Waals surface area contributed by atoms with Gasteiger partial charge in [0.05, 0.1) is 18.8 Å². The van der Waals surface area contributed by atoms with Gasteiger partial charge in [0.25, 0.3) is 0 Å². The van der Waals surface area contributed by atoms with Gasteiger partial charge >= 0.3 is 0 Å². The highest BCUT2D eigenvalue weighted by Gasteiger charge is 2.05. The third kappa shape index (κ3) is 1.39. The summed E-state index contributed by atoms with van der Waals surface area (Å²) in [7, 11) is 1.36. The highest BCUT2D eigenvalue weighted by molar-refractivity contribution is 5.80. The maximum atomic E-state index is 13.2. The zero-order chi connectivity index (χ0) is 10.1. The van der Waals surface area contributed by atoms with E-state index in [9.17, 15) is 8.78 Å². The maximum absolute atomic E-state index is 13.2. The summed E-state index contributed by atoms with van der Waals surface area (Å²) in [6, 6.07) is 3.92. The van der Waals surface area contributed by atoms with E-state index in [1.54, 1.807) is 0 Å². The van der Waals surface area contributed by atoms with Gasteiger partial charge in [0, 0.05) is 11.5 Å². The summed E-state index contributed by atoms with van der Waals surface area (Å²) in [4.78, 5) is 3.75. The molecule has 0 fully saturated rings. The zero-order valence-electron chi connectivity index (χ0n) is 7.42. The normalized spacial score (nSPS) is 10.5. The van der Waals surface area contributed by atoms with E-state index >= 15 is 0 Å². The van der Waals surface area contributed by atoms with E-state index in [0.717, 1.165) is 6.20 Å². The number of ether oxygens (including phenoxy) is 1. The number of methoxy groups -OCH3 is 1. The summed E-state index contributed by atoms with van der Waals surface area (Å²) >= 11 is 0. The number of hydrogen-bond acceptors (Lipinski definition) is 2. The van der Waals surface area contributed by atoms with Crippen LogP contribution in [0.5, 0.6) is 5.75 Å². The van der Waals surface area contributed by atoms with Crippen molar-refractivity contribution in [2.75, 3.05) is 7.11 Å². The van der Waals surface area contributed by atoms with E-state index in [0.29, 0.717) is 10.9 Å². The lowest BCUT2D eigenvalue weighted by molar-refractivity contribution is 0.387. The van der Waals surface area contributed by atoms with Crippen LogP contribution in [-0.4, -0.2) is 12.1 Å². The van der Waals surface area contributed by atoms with Crippen molar-refractivity contribution < 1.29 is 13.5 Å². The van der Waals surface area contributed by atoms with E-state index in [-0.39, 0.29) is 5.75 Å². The fourth-order valence-electron chi connectivity index (χ4n) is 1.26. The van der Waals surface area contributed by atoms with Crippen molar-refractivity contribution in [2.24, 2.45) is 0 Å². The molecule has 72 valence electrons. The summed E-state index contributed by atoms with van der Waals surface area (Å²) < 4.78 is 30.7. The first kappa shape index (κ1) is 8.87. The fraction of sp³-hybridized carbons (Fsp3) is 0.100. The number of halogens is 2. The third-order valence-corrected chi connectivity index (χ3v) is 1.92. The molecule has 0 saturated carbocycles. The first-order valence-electron chi connectivity index (χ1n) is 3.99. The largest absolute Gasteiger partial charge is 0.494 e. The van der Waals surface area contributed by atoms with Gasteiger partial charge in [0.15, 0.2) is 11.6 Å². The van der Waals surface area contributed by atoms with E-state index in [1.807, 2.05) is 0 Å². The minimum absolute atomic E-state index is 0.0879. The fourth-order valence-corrected chi connectivity index (χ4v) is 1.26. The second kappa shape index (κ2) is 3.21. The zero-order valence-corrected chi connectivity index (χ0v) is 7.42. The molecule has 0 saturated heterocycles. The second-order valence-corrected chi connectivity index (χ2v) is 2.83. The Hall–Kier alpha value is -1.71. The number of pyridine rings is 1. The second-order valence-electron chi connectivity index (χ2n) is 2.83. The SMILES string of the molecule is COc1cc2cc(F)cnc2cc1F. The van der Waals surface area contributed by atoms with Gasteiger partial charge in [-0.05, 0) is 12.1 Å². The quantitative estimate of drug-likeness (QED) is 0.697. The number of benzene rings is 1. The van der Waals surface area contributed by atoms with Gasteiger partial charge in [0.2, 0.25) is 0 Å². The lowest BCUT2D eigenvalue weighted by atomic mass is 10.2. The molecule has 14 heavy (non-hydrogen) atoms. The molecule has 0 aliphatic heterocycles. The molecule has 2 rings (SSSR count). The lowest BCUT2D eigenvalue weighted by Crippen LogP contribution is -1.90. The molecule has 0 radical (unpaired) electrons. The minimum atomic E-state index is -0.501. The van der Waals surface area contributed by atoms with Gasteiger partial charge in [-0.3, -0.25) is 4.98 Å². The predicted molar refractivity (Wildman–Crippen MR) is 48.2 cm³/mol. The third-order valence-electron chi connectivity index (χ3n) is 1.92.